The lowest BCUT2D eigenvalue weighted by Gasteiger charge is -2.20. The summed E-state index contributed by atoms with van der Waals surface area (Å²) < 4.78 is 5.48. The highest BCUT2D eigenvalue weighted by Gasteiger charge is 2.14. The second-order valence-electron chi connectivity index (χ2n) is 5.28. The Bertz CT molecular complexity index is 466. The molecule has 114 valence electrons. The zero-order chi connectivity index (χ0) is 14.9. The average molecular weight is 288 g/mol. The molecule has 1 aromatic carbocycles. The van der Waals surface area contributed by atoms with E-state index < -0.39 is 0 Å². The third-order valence-electron chi connectivity index (χ3n) is 3.60. The van der Waals surface area contributed by atoms with Gasteiger partial charge in [0.25, 0.3) is 0 Å². The fourth-order valence-electron chi connectivity index (χ4n) is 2.46. The predicted molar refractivity (Wildman–Crippen MR) is 85.7 cm³/mol. The van der Waals surface area contributed by atoms with Crippen molar-refractivity contribution in [3.05, 3.63) is 36.9 Å². The molecule has 0 saturated carbocycles. The zero-order valence-electron chi connectivity index (χ0n) is 12.5. The summed E-state index contributed by atoms with van der Waals surface area (Å²) in [5.41, 5.74) is 0.903. The van der Waals surface area contributed by atoms with Crippen LogP contribution in [0.1, 0.15) is 25.7 Å². The molecule has 0 radical (unpaired) electrons. The number of hydrogen-bond acceptors (Lipinski definition) is 3. The van der Waals surface area contributed by atoms with E-state index in [1.807, 2.05) is 29.2 Å². The van der Waals surface area contributed by atoms with Crippen LogP contribution in [0.15, 0.2) is 36.9 Å². The van der Waals surface area contributed by atoms with Crippen LogP contribution in [0.25, 0.3) is 0 Å². The van der Waals surface area contributed by atoms with Gasteiger partial charge in [-0.1, -0.05) is 31.6 Å². The van der Waals surface area contributed by atoms with Crippen LogP contribution in [0, 0.1) is 0 Å². The highest BCUT2D eigenvalue weighted by Crippen LogP contribution is 2.17. The smallest absolute Gasteiger partial charge is 0.241 e. The lowest BCUT2D eigenvalue weighted by Crippen LogP contribution is -2.36. The molecule has 1 heterocycles. The van der Waals surface area contributed by atoms with E-state index in [2.05, 4.69) is 11.9 Å². The monoisotopic (exact) mass is 288 g/mol. The van der Waals surface area contributed by atoms with Crippen molar-refractivity contribution in [1.29, 1.82) is 0 Å². The Morgan fingerprint density at radius 3 is 2.76 bits per heavy atom. The number of carbonyl (C=O) groups excluding carboxylic acids is 1. The Balaban J connectivity index is 1.83. The normalized spacial score (nSPS) is 15.1. The Labute approximate surface area is 126 Å². The molecular formula is C17H24N2O2. The van der Waals surface area contributed by atoms with Gasteiger partial charge in [0.15, 0.2) is 0 Å². The predicted octanol–water partition coefficient (Wildman–Crippen LogP) is 3.07. The van der Waals surface area contributed by atoms with Gasteiger partial charge in [0.05, 0.1) is 6.54 Å². The van der Waals surface area contributed by atoms with Gasteiger partial charge in [0.1, 0.15) is 12.4 Å². The van der Waals surface area contributed by atoms with Crippen LogP contribution < -0.4 is 10.1 Å². The minimum atomic E-state index is 0.175. The van der Waals surface area contributed by atoms with Crippen molar-refractivity contribution in [1.82, 2.24) is 4.90 Å². The third kappa shape index (κ3) is 5.14. The average Bonchev–Trinajstić information content (AvgIpc) is 2.80. The fourth-order valence-corrected chi connectivity index (χ4v) is 2.46. The van der Waals surface area contributed by atoms with Crippen LogP contribution in [0.2, 0.25) is 0 Å². The quantitative estimate of drug-likeness (QED) is 0.818. The van der Waals surface area contributed by atoms with Crippen LogP contribution in [0.4, 0.5) is 5.69 Å². The van der Waals surface area contributed by atoms with E-state index in [0.29, 0.717) is 13.2 Å². The van der Waals surface area contributed by atoms with Crippen LogP contribution in [-0.2, 0) is 4.79 Å². The topological polar surface area (TPSA) is 41.6 Å². The highest BCUT2D eigenvalue weighted by atomic mass is 16.5. The lowest BCUT2D eigenvalue weighted by molar-refractivity contribution is -0.129. The molecule has 4 nitrogen and oxygen atoms in total. The number of benzene rings is 1. The number of carbonyl (C=O) groups is 1. The van der Waals surface area contributed by atoms with Gasteiger partial charge in [-0.3, -0.25) is 4.79 Å². The highest BCUT2D eigenvalue weighted by molar-refractivity contribution is 5.81. The number of likely N-dealkylation sites (tertiary alicyclic amines) is 1. The summed E-state index contributed by atoms with van der Waals surface area (Å²) in [6.45, 7) is 6.23. The summed E-state index contributed by atoms with van der Waals surface area (Å²) in [6, 6.07) is 7.65. The second kappa shape index (κ2) is 8.35. The first-order valence-corrected chi connectivity index (χ1v) is 7.65. The summed E-state index contributed by atoms with van der Waals surface area (Å²) in [4.78, 5) is 14.2. The minimum Gasteiger partial charge on any atom is -0.489 e. The number of ether oxygens (including phenoxy) is 1. The first-order valence-electron chi connectivity index (χ1n) is 7.65. The van der Waals surface area contributed by atoms with Crippen molar-refractivity contribution >= 4 is 11.6 Å². The molecule has 0 spiro atoms. The van der Waals surface area contributed by atoms with Crippen molar-refractivity contribution in [2.75, 3.05) is 31.6 Å². The Kier molecular flexibility index (Phi) is 6.13. The van der Waals surface area contributed by atoms with Crippen molar-refractivity contribution in [2.45, 2.75) is 25.7 Å². The maximum Gasteiger partial charge on any atom is 0.241 e. The molecule has 2 rings (SSSR count). The second-order valence-corrected chi connectivity index (χ2v) is 5.28. The minimum absolute atomic E-state index is 0.175. The van der Waals surface area contributed by atoms with E-state index >= 15 is 0 Å². The zero-order valence-corrected chi connectivity index (χ0v) is 12.5. The molecule has 1 aliphatic heterocycles. The van der Waals surface area contributed by atoms with Gasteiger partial charge in [0.2, 0.25) is 5.91 Å². The maximum atomic E-state index is 12.2. The molecule has 21 heavy (non-hydrogen) atoms. The van der Waals surface area contributed by atoms with Crippen LogP contribution >= 0.6 is 0 Å². The number of amides is 1. The van der Waals surface area contributed by atoms with Gasteiger partial charge in [-0.25, -0.2) is 0 Å². The Morgan fingerprint density at radius 2 is 2.05 bits per heavy atom. The van der Waals surface area contributed by atoms with Crippen molar-refractivity contribution in [2.24, 2.45) is 0 Å². The summed E-state index contributed by atoms with van der Waals surface area (Å²) >= 11 is 0. The summed E-state index contributed by atoms with van der Waals surface area (Å²) in [7, 11) is 0. The molecule has 0 atom stereocenters. The molecule has 4 heteroatoms. The maximum absolute atomic E-state index is 12.2. The molecule has 0 bridgehead atoms. The number of nitrogens with one attached hydrogen (secondary N) is 1. The number of rotatable bonds is 6. The first-order chi connectivity index (χ1) is 10.3. The van der Waals surface area contributed by atoms with E-state index in [9.17, 15) is 4.79 Å². The molecule has 0 aliphatic carbocycles. The van der Waals surface area contributed by atoms with Crippen LogP contribution in [-0.4, -0.2) is 37.0 Å². The van der Waals surface area contributed by atoms with E-state index in [-0.39, 0.29) is 5.91 Å². The van der Waals surface area contributed by atoms with Gasteiger partial charge in [0, 0.05) is 24.8 Å². The molecule has 1 saturated heterocycles. The molecule has 1 N–H and O–H groups in total. The standard InChI is InChI=1S/C17H24N2O2/c1-2-12-21-16-9-7-8-15(13-16)18-14-17(20)19-10-5-3-4-6-11-19/h2,7-9,13,18H,1,3-6,10-12,14H2. The fraction of sp³-hybridized carbons (Fsp3) is 0.471. The lowest BCUT2D eigenvalue weighted by atomic mass is 10.2. The molecular weight excluding hydrogens is 264 g/mol. The molecule has 0 unspecified atom stereocenters. The van der Waals surface area contributed by atoms with Gasteiger partial charge in [-0.05, 0) is 25.0 Å². The van der Waals surface area contributed by atoms with E-state index in [1.165, 1.54) is 12.8 Å². The molecule has 1 amide bonds. The van der Waals surface area contributed by atoms with Gasteiger partial charge in [-0.2, -0.15) is 0 Å². The Morgan fingerprint density at radius 1 is 1.29 bits per heavy atom. The molecule has 0 aromatic heterocycles. The first kappa shape index (κ1) is 15.4. The number of hydrogen-bond donors (Lipinski definition) is 1. The van der Waals surface area contributed by atoms with Gasteiger partial charge in [-0.15, -0.1) is 0 Å². The molecule has 1 aromatic rings. The van der Waals surface area contributed by atoms with E-state index in [4.69, 9.17) is 4.74 Å². The van der Waals surface area contributed by atoms with Gasteiger partial charge < -0.3 is 15.0 Å². The van der Waals surface area contributed by atoms with Crippen molar-refractivity contribution in [3.8, 4) is 5.75 Å². The summed E-state index contributed by atoms with van der Waals surface area (Å²) in [6.07, 6.45) is 6.43. The van der Waals surface area contributed by atoms with E-state index in [0.717, 1.165) is 37.4 Å². The third-order valence-corrected chi connectivity index (χ3v) is 3.60. The van der Waals surface area contributed by atoms with E-state index in [1.54, 1.807) is 6.08 Å². The number of nitrogens with zero attached hydrogens (tertiary/aromatic N) is 1. The molecule has 1 aliphatic rings. The largest absolute Gasteiger partial charge is 0.489 e. The van der Waals surface area contributed by atoms with Crippen molar-refractivity contribution < 1.29 is 9.53 Å². The SMILES string of the molecule is C=CCOc1cccc(NCC(=O)N2CCCCCC2)c1. The van der Waals surface area contributed by atoms with Crippen LogP contribution in [0.3, 0.4) is 0 Å². The summed E-state index contributed by atoms with van der Waals surface area (Å²) in [5.74, 6) is 0.955. The van der Waals surface area contributed by atoms with Gasteiger partial charge >= 0.3 is 0 Å². The molecule has 1 fully saturated rings. The summed E-state index contributed by atoms with van der Waals surface area (Å²) in [5, 5.41) is 3.18. The Hall–Kier alpha value is -1.97. The van der Waals surface area contributed by atoms with Crippen LogP contribution in [0.5, 0.6) is 5.75 Å². The number of anilines is 1. The van der Waals surface area contributed by atoms with Crippen molar-refractivity contribution in [3.63, 3.8) is 0 Å².